The predicted octanol–water partition coefficient (Wildman–Crippen LogP) is 0.511. The van der Waals surface area contributed by atoms with E-state index in [1.807, 2.05) is 18.3 Å². The molecule has 1 N–H and O–H groups in total. The first-order chi connectivity index (χ1) is 7.43. The minimum Gasteiger partial charge on any atom is -0.382 e. The maximum Gasteiger partial charge on any atom is 0.0927 e. The zero-order chi connectivity index (χ0) is 10.1. The van der Waals surface area contributed by atoms with Crippen LogP contribution in [-0.4, -0.2) is 12.1 Å². The standard InChI is InChI=1S/C13H12N2/c1-2-6-11-10(5-1)9-14-12-7-3-4-8-13(12)15-11/h1-9,12-14H. The number of para-hydroxylation sites is 1. The fraction of sp³-hybridized carbons (Fsp3) is 0.154. The number of fused-ring (bicyclic) bond motifs is 2. The lowest BCUT2D eigenvalue weighted by Crippen LogP contribution is -2.33. The van der Waals surface area contributed by atoms with Crippen molar-refractivity contribution in [3.63, 3.8) is 0 Å². The minimum atomic E-state index is 0.217. The van der Waals surface area contributed by atoms with E-state index in [1.165, 1.54) is 0 Å². The number of benzene rings is 1. The van der Waals surface area contributed by atoms with Gasteiger partial charge in [-0.1, -0.05) is 42.5 Å². The van der Waals surface area contributed by atoms with Crippen molar-refractivity contribution >= 4 is 6.20 Å². The molecule has 0 saturated heterocycles. The van der Waals surface area contributed by atoms with Gasteiger partial charge in [0, 0.05) is 11.4 Å². The Morgan fingerprint density at radius 1 is 1.07 bits per heavy atom. The van der Waals surface area contributed by atoms with Gasteiger partial charge >= 0.3 is 0 Å². The lowest BCUT2D eigenvalue weighted by Gasteiger charge is -2.19. The highest BCUT2D eigenvalue weighted by Crippen LogP contribution is 2.08. The molecule has 0 bridgehead atoms. The molecule has 0 radical (unpaired) electrons. The summed E-state index contributed by atoms with van der Waals surface area (Å²) in [6, 6.07) is 8.71. The molecule has 3 rings (SSSR count). The smallest absolute Gasteiger partial charge is 0.0927 e. The predicted molar refractivity (Wildman–Crippen MR) is 60.7 cm³/mol. The van der Waals surface area contributed by atoms with E-state index >= 15 is 0 Å². The molecule has 1 aliphatic carbocycles. The fourth-order valence-corrected chi connectivity index (χ4v) is 1.95. The Bertz CT molecular complexity index is 540. The van der Waals surface area contributed by atoms with E-state index in [-0.39, 0.29) is 6.04 Å². The SMILES string of the molecule is C1=CC2N=c3ccccc3=CNC2C=C1. The molecule has 1 aromatic carbocycles. The van der Waals surface area contributed by atoms with Crippen LogP contribution in [0.5, 0.6) is 0 Å². The average Bonchev–Trinajstić information content (AvgIpc) is 2.48. The maximum atomic E-state index is 4.73. The number of rotatable bonds is 0. The summed E-state index contributed by atoms with van der Waals surface area (Å²) < 4.78 is 0. The van der Waals surface area contributed by atoms with Gasteiger partial charge in [-0.2, -0.15) is 0 Å². The Balaban J connectivity index is 2.19. The quantitative estimate of drug-likeness (QED) is 0.642. The van der Waals surface area contributed by atoms with Crippen molar-refractivity contribution in [2.45, 2.75) is 12.1 Å². The molecular formula is C13H12N2. The number of hydrogen-bond donors (Lipinski definition) is 1. The van der Waals surface area contributed by atoms with Crippen LogP contribution < -0.4 is 15.9 Å². The van der Waals surface area contributed by atoms with Crippen LogP contribution in [0.25, 0.3) is 6.20 Å². The molecule has 0 fully saturated rings. The van der Waals surface area contributed by atoms with Gasteiger partial charge in [0.2, 0.25) is 0 Å². The van der Waals surface area contributed by atoms with Crippen molar-refractivity contribution < 1.29 is 0 Å². The van der Waals surface area contributed by atoms with Gasteiger partial charge < -0.3 is 5.32 Å². The number of nitrogens with zero attached hydrogens (tertiary/aromatic N) is 1. The summed E-state index contributed by atoms with van der Waals surface area (Å²) >= 11 is 0. The molecule has 2 unspecified atom stereocenters. The zero-order valence-electron chi connectivity index (χ0n) is 8.30. The highest BCUT2D eigenvalue weighted by atomic mass is 15.0. The second kappa shape index (κ2) is 3.39. The molecular weight excluding hydrogens is 184 g/mol. The van der Waals surface area contributed by atoms with Crippen LogP contribution in [0, 0.1) is 0 Å². The topological polar surface area (TPSA) is 24.4 Å². The van der Waals surface area contributed by atoms with E-state index in [9.17, 15) is 0 Å². The van der Waals surface area contributed by atoms with Gasteiger partial charge in [-0.25, -0.2) is 0 Å². The Labute approximate surface area is 88.4 Å². The summed E-state index contributed by atoms with van der Waals surface area (Å²) in [6.07, 6.45) is 10.4. The maximum absolute atomic E-state index is 4.73. The summed E-state index contributed by atoms with van der Waals surface area (Å²) in [6.45, 7) is 0. The van der Waals surface area contributed by atoms with E-state index in [4.69, 9.17) is 4.99 Å². The van der Waals surface area contributed by atoms with Crippen LogP contribution in [0.2, 0.25) is 0 Å². The van der Waals surface area contributed by atoms with Gasteiger partial charge in [0.05, 0.1) is 17.4 Å². The van der Waals surface area contributed by atoms with Gasteiger partial charge in [-0.05, 0) is 6.07 Å². The Kier molecular flexibility index (Phi) is 1.91. The second-order valence-corrected chi connectivity index (χ2v) is 3.79. The van der Waals surface area contributed by atoms with E-state index < -0.39 is 0 Å². The Morgan fingerprint density at radius 3 is 2.93 bits per heavy atom. The molecule has 0 saturated carbocycles. The summed E-state index contributed by atoms with van der Waals surface area (Å²) in [5.41, 5.74) is 0. The molecule has 1 aromatic rings. The molecule has 0 aromatic heterocycles. The van der Waals surface area contributed by atoms with Crippen LogP contribution >= 0.6 is 0 Å². The molecule has 2 heteroatoms. The van der Waals surface area contributed by atoms with Crippen LogP contribution in [0.4, 0.5) is 0 Å². The van der Waals surface area contributed by atoms with Crippen molar-refractivity contribution in [3.8, 4) is 0 Å². The number of allylic oxidation sites excluding steroid dienone is 2. The van der Waals surface area contributed by atoms with E-state index in [0.29, 0.717) is 6.04 Å². The molecule has 2 nitrogen and oxygen atoms in total. The molecule has 2 atom stereocenters. The third-order valence-electron chi connectivity index (χ3n) is 2.76. The van der Waals surface area contributed by atoms with Gasteiger partial charge in [-0.3, -0.25) is 4.99 Å². The largest absolute Gasteiger partial charge is 0.382 e. The third kappa shape index (κ3) is 1.48. The van der Waals surface area contributed by atoms with Crippen LogP contribution in [0.15, 0.2) is 53.6 Å². The van der Waals surface area contributed by atoms with Crippen molar-refractivity contribution in [1.82, 2.24) is 5.32 Å². The van der Waals surface area contributed by atoms with Gasteiger partial charge in [-0.15, -0.1) is 0 Å². The third-order valence-corrected chi connectivity index (χ3v) is 2.76. The minimum absolute atomic E-state index is 0.217. The summed E-state index contributed by atoms with van der Waals surface area (Å²) in [4.78, 5) is 4.73. The summed E-state index contributed by atoms with van der Waals surface area (Å²) in [7, 11) is 0. The van der Waals surface area contributed by atoms with Crippen LogP contribution in [-0.2, 0) is 0 Å². The lowest BCUT2D eigenvalue weighted by atomic mass is 10.0. The van der Waals surface area contributed by atoms with Crippen molar-refractivity contribution in [1.29, 1.82) is 0 Å². The molecule has 0 amide bonds. The Hall–Kier alpha value is -1.83. The average molecular weight is 196 g/mol. The number of hydrogen-bond acceptors (Lipinski definition) is 2. The van der Waals surface area contributed by atoms with Gasteiger partial charge in [0.1, 0.15) is 0 Å². The van der Waals surface area contributed by atoms with E-state index in [1.54, 1.807) is 0 Å². The summed E-state index contributed by atoms with van der Waals surface area (Å²) in [5, 5.41) is 5.61. The number of nitrogens with one attached hydrogen (secondary N) is 1. The van der Waals surface area contributed by atoms with E-state index in [2.05, 4.69) is 41.8 Å². The first-order valence-electron chi connectivity index (χ1n) is 5.18. The second-order valence-electron chi connectivity index (χ2n) is 3.79. The normalized spacial score (nSPS) is 26.4. The highest BCUT2D eigenvalue weighted by Gasteiger charge is 2.17. The van der Waals surface area contributed by atoms with Crippen LogP contribution in [0.3, 0.4) is 0 Å². The highest BCUT2D eigenvalue weighted by molar-refractivity contribution is 5.30. The molecule has 15 heavy (non-hydrogen) atoms. The molecule has 2 aliphatic rings. The van der Waals surface area contributed by atoms with Crippen molar-refractivity contribution in [2.24, 2.45) is 4.99 Å². The fourth-order valence-electron chi connectivity index (χ4n) is 1.95. The first kappa shape index (κ1) is 8.48. The lowest BCUT2D eigenvalue weighted by molar-refractivity contribution is 0.634. The Morgan fingerprint density at radius 2 is 1.93 bits per heavy atom. The molecule has 1 aliphatic heterocycles. The van der Waals surface area contributed by atoms with Crippen molar-refractivity contribution in [2.75, 3.05) is 0 Å². The van der Waals surface area contributed by atoms with Gasteiger partial charge in [0.15, 0.2) is 0 Å². The first-order valence-corrected chi connectivity index (χ1v) is 5.18. The van der Waals surface area contributed by atoms with E-state index in [0.717, 1.165) is 10.6 Å². The molecule has 0 spiro atoms. The summed E-state index contributed by atoms with van der Waals surface area (Å²) in [5.74, 6) is 0. The van der Waals surface area contributed by atoms with Crippen LogP contribution in [0.1, 0.15) is 0 Å². The zero-order valence-corrected chi connectivity index (χ0v) is 8.30. The van der Waals surface area contributed by atoms with Crippen molar-refractivity contribution in [3.05, 3.63) is 59.1 Å². The van der Waals surface area contributed by atoms with Gasteiger partial charge in [0.25, 0.3) is 0 Å². The molecule has 74 valence electrons. The molecule has 1 heterocycles. The monoisotopic (exact) mass is 196 g/mol.